The Bertz CT molecular complexity index is 1060. The van der Waals surface area contributed by atoms with E-state index in [0.717, 1.165) is 33.6 Å². The van der Waals surface area contributed by atoms with Gasteiger partial charge in [-0.3, -0.25) is 9.78 Å². The van der Waals surface area contributed by atoms with Crippen molar-refractivity contribution in [2.24, 2.45) is 0 Å². The van der Waals surface area contributed by atoms with Crippen molar-refractivity contribution in [3.8, 4) is 11.3 Å². The van der Waals surface area contributed by atoms with Gasteiger partial charge in [-0.2, -0.15) is 0 Å². The second-order valence-corrected chi connectivity index (χ2v) is 7.24. The van der Waals surface area contributed by atoms with Crippen LogP contribution in [0.3, 0.4) is 0 Å². The van der Waals surface area contributed by atoms with Crippen LogP contribution in [0.25, 0.3) is 11.3 Å². The van der Waals surface area contributed by atoms with E-state index in [9.17, 15) is 4.79 Å². The molecule has 0 bridgehead atoms. The van der Waals surface area contributed by atoms with Crippen LogP contribution in [0.5, 0.6) is 0 Å². The molecule has 0 unspecified atom stereocenters. The zero-order valence-corrected chi connectivity index (χ0v) is 15.8. The molecule has 0 aliphatic rings. The molecule has 9 heteroatoms. The van der Waals surface area contributed by atoms with Crippen LogP contribution in [-0.4, -0.2) is 25.5 Å². The SMILES string of the molecule is Cc1nnsc1C(=O)Nc1ccc(-c2csc(Nc3cccnc3)n2)cc1. The number of carbonyl (C=O) groups excluding carboxylic acids is 1. The molecule has 0 aliphatic heterocycles. The molecule has 0 fully saturated rings. The lowest BCUT2D eigenvalue weighted by molar-refractivity contribution is 0.103. The van der Waals surface area contributed by atoms with E-state index in [4.69, 9.17) is 0 Å². The smallest absolute Gasteiger partial charge is 0.269 e. The molecular formula is C18H14N6OS2. The third-order valence-corrected chi connectivity index (χ3v) is 5.30. The van der Waals surface area contributed by atoms with Crippen LogP contribution in [0.4, 0.5) is 16.5 Å². The van der Waals surface area contributed by atoms with E-state index < -0.39 is 0 Å². The number of aryl methyl sites for hydroxylation is 1. The van der Waals surface area contributed by atoms with Gasteiger partial charge >= 0.3 is 0 Å². The molecule has 1 amide bonds. The normalized spacial score (nSPS) is 10.6. The lowest BCUT2D eigenvalue weighted by Gasteiger charge is -2.05. The lowest BCUT2D eigenvalue weighted by atomic mass is 10.1. The van der Waals surface area contributed by atoms with Crippen LogP contribution in [0, 0.1) is 6.92 Å². The van der Waals surface area contributed by atoms with Gasteiger partial charge in [-0.05, 0) is 42.7 Å². The average molecular weight is 394 g/mol. The van der Waals surface area contributed by atoms with Gasteiger partial charge in [0.05, 0.1) is 23.3 Å². The highest BCUT2D eigenvalue weighted by molar-refractivity contribution is 7.14. The summed E-state index contributed by atoms with van der Waals surface area (Å²) in [6.45, 7) is 1.76. The minimum absolute atomic E-state index is 0.202. The van der Waals surface area contributed by atoms with Gasteiger partial charge in [-0.25, -0.2) is 4.98 Å². The summed E-state index contributed by atoms with van der Waals surface area (Å²) in [6, 6.07) is 11.4. The fourth-order valence-corrected chi connectivity index (χ4v) is 3.67. The summed E-state index contributed by atoms with van der Waals surface area (Å²) >= 11 is 2.61. The first-order valence-corrected chi connectivity index (χ1v) is 9.67. The Balaban J connectivity index is 1.45. The van der Waals surface area contributed by atoms with Gasteiger partial charge < -0.3 is 10.6 Å². The van der Waals surface area contributed by atoms with Crippen LogP contribution in [0.2, 0.25) is 0 Å². The lowest BCUT2D eigenvalue weighted by Crippen LogP contribution is -2.11. The number of hydrogen-bond acceptors (Lipinski definition) is 8. The number of aromatic nitrogens is 4. The van der Waals surface area contributed by atoms with E-state index in [2.05, 4.69) is 30.2 Å². The molecule has 0 radical (unpaired) electrons. The Hall–Kier alpha value is -3.17. The first kappa shape index (κ1) is 17.3. The number of rotatable bonds is 5. The first-order valence-electron chi connectivity index (χ1n) is 8.02. The van der Waals surface area contributed by atoms with Crippen molar-refractivity contribution in [2.75, 3.05) is 10.6 Å². The molecule has 0 saturated carbocycles. The average Bonchev–Trinajstić information content (AvgIpc) is 3.32. The van der Waals surface area contributed by atoms with E-state index in [1.165, 1.54) is 11.3 Å². The molecule has 0 spiro atoms. The summed E-state index contributed by atoms with van der Waals surface area (Å²) in [5.41, 5.74) is 4.07. The zero-order valence-electron chi connectivity index (χ0n) is 14.2. The Morgan fingerprint density at radius 2 is 1.96 bits per heavy atom. The van der Waals surface area contributed by atoms with Crippen molar-refractivity contribution in [2.45, 2.75) is 6.92 Å². The van der Waals surface area contributed by atoms with Gasteiger partial charge in [-0.1, -0.05) is 16.6 Å². The number of benzene rings is 1. The van der Waals surface area contributed by atoms with E-state index in [-0.39, 0.29) is 5.91 Å². The quantitative estimate of drug-likeness (QED) is 0.522. The van der Waals surface area contributed by atoms with Crippen LogP contribution in [0.15, 0.2) is 54.2 Å². The Morgan fingerprint density at radius 1 is 1.11 bits per heavy atom. The predicted octanol–water partition coefficient (Wildman–Crippen LogP) is 4.36. The van der Waals surface area contributed by atoms with Crippen LogP contribution >= 0.6 is 22.9 Å². The molecule has 0 saturated heterocycles. The standard InChI is InChI=1S/C18H14N6OS2/c1-11-16(27-24-23-11)17(25)20-13-6-4-12(5-7-13)15-10-26-18(22-15)21-14-3-2-8-19-9-14/h2-10H,1H3,(H,20,25)(H,21,22). The molecule has 7 nitrogen and oxygen atoms in total. The third kappa shape index (κ3) is 3.99. The van der Waals surface area contributed by atoms with Gasteiger partial charge in [0.1, 0.15) is 4.88 Å². The molecule has 0 atom stereocenters. The molecule has 3 aromatic heterocycles. The molecule has 4 aromatic rings. The molecule has 2 N–H and O–H groups in total. The summed E-state index contributed by atoms with van der Waals surface area (Å²) in [5, 5.41) is 12.7. The second-order valence-electron chi connectivity index (χ2n) is 5.62. The second kappa shape index (κ2) is 7.60. The van der Waals surface area contributed by atoms with Crippen molar-refractivity contribution in [3.05, 3.63) is 64.7 Å². The molecule has 4 rings (SSSR count). The van der Waals surface area contributed by atoms with E-state index in [0.29, 0.717) is 16.3 Å². The number of hydrogen-bond donors (Lipinski definition) is 2. The third-order valence-electron chi connectivity index (χ3n) is 3.71. The zero-order chi connectivity index (χ0) is 18.6. The monoisotopic (exact) mass is 394 g/mol. The molecule has 134 valence electrons. The molecule has 27 heavy (non-hydrogen) atoms. The number of carbonyl (C=O) groups is 1. The summed E-state index contributed by atoms with van der Waals surface area (Å²) in [4.78, 5) is 21.4. The highest BCUT2D eigenvalue weighted by Gasteiger charge is 2.13. The van der Waals surface area contributed by atoms with Gasteiger partial charge in [0, 0.05) is 22.8 Å². The first-order chi connectivity index (χ1) is 13.2. The maximum absolute atomic E-state index is 12.2. The fraction of sp³-hybridized carbons (Fsp3) is 0.0556. The summed E-state index contributed by atoms with van der Waals surface area (Å²) < 4.78 is 3.78. The Kier molecular flexibility index (Phi) is 4.86. The number of nitrogens with zero attached hydrogens (tertiary/aromatic N) is 4. The van der Waals surface area contributed by atoms with Crippen molar-refractivity contribution in [1.82, 2.24) is 19.6 Å². The number of anilines is 3. The molecule has 0 aliphatic carbocycles. The van der Waals surface area contributed by atoms with Crippen molar-refractivity contribution in [3.63, 3.8) is 0 Å². The van der Waals surface area contributed by atoms with E-state index in [1.54, 1.807) is 19.3 Å². The van der Waals surface area contributed by atoms with Crippen molar-refractivity contribution >= 4 is 45.3 Å². The van der Waals surface area contributed by atoms with Crippen molar-refractivity contribution in [1.29, 1.82) is 0 Å². The van der Waals surface area contributed by atoms with Crippen molar-refractivity contribution < 1.29 is 4.79 Å². The largest absolute Gasteiger partial charge is 0.330 e. The van der Waals surface area contributed by atoms with Crippen LogP contribution in [-0.2, 0) is 0 Å². The number of amides is 1. The van der Waals surface area contributed by atoms with Gasteiger partial charge in [-0.15, -0.1) is 16.4 Å². The summed E-state index contributed by atoms with van der Waals surface area (Å²) in [6.07, 6.45) is 3.48. The minimum atomic E-state index is -0.202. The predicted molar refractivity (Wildman–Crippen MR) is 108 cm³/mol. The highest BCUT2D eigenvalue weighted by Crippen LogP contribution is 2.28. The van der Waals surface area contributed by atoms with Crippen LogP contribution < -0.4 is 10.6 Å². The minimum Gasteiger partial charge on any atom is -0.330 e. The summed E-state index contributed by atoms with van der Waals surface area (Å²) in [5.74, 6) is -0.202. The number of nitrogens with one attached hydrogen (secondary N) is 2. The van der Waals surface area contributed by atoms with Gasteiger partial charge in [0.2, 0.25) is 0 Å². The Labute approximate surface area is 163 Å². The maximum Gasteiger partial charge on any atom is 0.269 e. The van der Waals surface area contributed by atoms with Crippen LogP contribution in [0.1, 0.15) is 15.4 Å². The molecule has 1 aromatic carbocycles. The van der Waals surface area contributed by atoms with Gasteiger partial charge in [0.25, 0.3) is 5.91 Å². The molecular weight excluding hydrogens is 380 g/mol. The topological polar surface area (TPSA) is 92.7 Å². The van der Waals surface area contributed by atoms with Gasteiger partial charge in [0.15, 0.2) is 5.13 Å². The number of pyridine rings is 1. The summed E-state index contributed by atoms with van der Waals surface area (Å²) in [7, 11) is 0. The Morgan fingerprint density at radius 3 is 2.67 bits per heavy atom. The van der Waals surface area contributed by atoms with E-state index >= 15 is 0 Å². The maximum atomic E-state index is 12.2. The molecule has 3 heterocycles. The fourth-order valence-electron chi connectivity index (χ4n) is 2.38. The van der Waals surface area contributed by atoms with E-state index in [1.807, 2.05) is 41.8 Å². The highest BCUT2D eigenvalue weighted by atomic mass is 32.1. The number of thiazole rings is 1.